The Kier molecular flexibility index (Phi) is 2.65. The van der Waals surface area contributed by atoms with Crippen molar-refractivity contribution in [3.8, 4) is 0 Å². The first-order valence-electron chi connectivity index (χ1n) is 3.50. The van der Waals surface area contributed by atoms with E-state index >= 15 is 0 Å². The maximum absolute atomic E-state index is 11.2. The summed E-state index contributed by atoms with van der Waals surface area (Å²) >= 11 is 5.73. The van der Waals surface area contributed by atoms with Gasteiger partial charge in [-0.1, -0.05) is 11.6 Å². The molecule has 1 N–H and O–H groups in total. The molecular formula is C8H9ClN2O. The molecule has 1 aromatic heterocycles. The minimum Gasteiger partial charge on any atom is -0.355 e. The van der Waals surface area contributed by atoms with E-state index in [9.17, 15) is 4.79 Å². The van der Waals surface area contributed by atoms with Gasteiger partial charge in [0.25, 0.3) is 5.91 Å². The Morgan fingerprint density at radius 3 is 2.83 bits per heavy atom. The molecule has 64 valence electrons. The summed E-state index contributed by atoms with van der Waals surface area (Å²) in [5.41, 5.74) is 1.27. The number of carbonyl (C=O) groups is 1. The summed E-state index contributed by atoms with van der Waals surface area (Å²) in [6.45, 7) is 1.82. The first-order valence-corrected chi connectivity index (χ1v) is 3.87. The number of halogens is 1. The van der Waals surface area contributed by atoms with Crippen molar-refractivity contribution in [3.63, 3.8) is 0 Å². The Bertz CT molecular complexity index is 292. The van der Waals surface area contributed by atoms with E-state index < -0.39 is 0 Å². The summed E-state index contributed by atoms with van der Waals surface area (Å²) < 4.78 is 0. The van der Waals surface area contributed by atoms with Crippen molar-refractivity contribution in [1.82, 2.24) is 10.3 Å². The van der Waals surface area contributed by atoms with Gasteiger partial charge in [0, 0.05) is 13.2 Å². The molecule has 0 fully saturated rings. The molecule has 0 bridgehead atoms. The number of nitrogens with one attached hydrogen (secondary N) is 1. The molecule has 0 aromatic carbocycles. The molecule has 0 atom stereocenters. The Balaban J connectivity index is 3.21. The van der Waals surface area contributed by atoms with Gasteiger partial charge in [0.1, 0.15) is 5.15 Å². The highest BCUT2D eigenvalue weighted by Gasteiger charge is 2.11. The normalized spacial score (nSPS) is 9.58. The van der Waals surface area contributed by atoms with Crippen LogP contribution in [0.4, 0.5) is 0 Å². The van der Waals surface area contributed by atoms with Gasteiger partial charge in [-0.2, -0.15) is 0 Å². The summed E-state index contributed by atoms with van der Waals surface area (Å²) in [6.07, 6.45) is 1.57. The fourth-order valence-corrected chi connectivity index (χ4v) is 1.21. The van der Waals surface area contributed by atoms with Crippen LogP contribution in [-0.2, 0) is 0 Å². The predicted molar refractivity (Wildman–Crippen MR) is 47.4 cm³/mol. The lowest BCUT2D eigenvalue weighted by Crippen LogP contribution is -2.19. The van der Waals surface area contributed by atoms with Crippen LogP contribution in [0.1, 0.15) is 15.9 Å². The van der Waals surface area contributed by atoms with E-state index in [-0.39, 0.29) is 11.1 Å². The number of carbonyl (C=O) groups excluding carboxylic acids is 1. The fourth-order valence-electron chi connectivity index (χ4n) is 0.923. The minimum atomic E-state index is -0.203. The molecule has 1 heterocycles. The second-order valence-corrected chi connectivity index (χ2v) is 2.73. The Morgan fingerprint density at radius 2 is 2.33 bits per heavy atom. The first kappa shape index (κ1) is 9.00. The van der Waals surface area contributed by atoms with Crippen LogP contribution in [0.15, 0.2) is 12.3 Å². The maximum Gasteiger partial charge on any atom is 0.254 e. The molecule has 0 aliphatic rings. The zero-order chi connectivity index (χ0) is 9.14. The van der Waals surface area contributed by atoms with Crippen molar-refractivity contribution in [1.29, 1.82) is 0 Å². The van der Waals surface area contributed by atoms with Crippen LogP contribution in [0.3, 0.4) is 0 Å². The highest BCUT2D eigenvalue weighted by atomic mass is 35.5. The van der Waals surface area contributed by atoms with Crippen molar-refractivity contribution in [2.24, 2.45) is 0 Å². The lowest BCUT2D eigenvalue weighted by atomic mass is 10.1. The van der Waals surface area contributed by atoms with Gasteiger partial charge in [-0.3, -0.25) is 4.79 Å². The van der Waals surface area contributed by atoms with Gasteiger partial charge < -0.3 is 5.32 Å². The SMILES string of the molecule is CNC(=O)c1c(C)ccnc1Cl. The van der Waals surface area contributed by atoms with Gasteiger partial charge >= 0.3 is 0 Å². The van der Waals surface area contributed by atoms with Gasteiger partial charge in [-0.25, -0.2) is 4.98 Å². The van der Waals surface area contributed by atoms with Crippen molar-refractivity contribution >= 4 is 17.5 Å². The topological polar surface area (TPSA) is 42.0 Å². The number of pyridine rings is 1. The van der Waals surface area contributed by atoms with Gasteiger partial charge in [0.05, 0.1) is 5.56 Å². The number of nitrogens with zero attached hydrogens (tertiary/aromatic N) is 1. The van der Waals surface area contributed by atoms with Crippen LogP contribution in [0.2, 0.25) is 5.15 Å². The third-order valence-electron chi connectivity index (χ3n) is 1.57. The zero-order valence-electron chi connectivity index (χ0n) is 6.89. The molecule has 1 amide bonds. The Morgan fingerprint density at radius 1 is 1.67 bits per heavy atom. The quantitative estimate of drug-likeness (QED) is 0.671. The molecule has 3 nitrogen and oxygen atoms in total. The molecule has 0 aliphatic carbocycles. The number of hydrogen-bond acceptors (Lipinski definition) is 2. The van der Waals surface area contributed by atoms with Gasteiger partial charge in [0.2, 0.25) is 0 Å². The lowest BCUT2D eigenvalue weighted by molar-refractivity contribution is 0.0962. The smallest absolute Gasteiger partial charge is 0.254 e. The maximum atomic E-state index is 11.2. The van der Waals surface area contributed by atoms with E-state index in [0.717, 1.165) is 5.56 Å². The second kappa shape index (κ2) is 3.54. The third kappa shape index (κ3) is 1.56. The largest absolute Gasteiger partial charge is 0.355 e. The second-order valence-electron chi connectivity index (χ2n) is 2.37. The number of hydrogen-bond donors (Lipinski definition) is 1. The highest BCUT2D eigenvalue weighted by molar-refractivity contribution is 6.32. The summed E-state index contributed by atoms with van der Waals surface area (Å²) in [6, 6.07) is 1.75. The van der Waals surface area contributed by atoms with Crippen LogP contribution >= 0.6 is 11.6 Å². The first-order chi connectivity index (χ1) is 5.66. The molecule has 0 aliphatic heterocycles. The molecule has 4 heteroatoms. The summed E-state index contributed by atoms with van der Waals surface area (Å²) in [5, 5.41) is 2.74. The van der Waals surface area contributed by atoms with Crippen LogP contribution in [0.25, 0.3) is 0 Å². The Hall–Kier alpha value is -1.09. The molecule has 0 saturated heterocycles. The highest BCUT2D eigenvalue weighted by Crippen LogP contribution is 2.15. The molecule has 1 aromatic rings. The van der Waals surface area contributed by atoms with Crippen LogP contribution < -0.4 is 5.32 Å². The summed E-state index contributed by atoms with van der Waals surface area (Å²) in [5.74, 6) is -0.203. The lowest BCUT2D eigenvalue weighted by Gasteiger charge is -2.04. The molecular weight excluding hydrogens is 176 g/mol. The summed E-state index contributed by atoms with van der Waals surface area (Å²) in [4.78, 5) is 15.0. The van der Waals surface area contributed by atoms with Crippen molar-refractivity contribution in [2.75, 3.05) is 7.05 Å². The van der Waals surface area contributed by atoms with Gasteiger partial charge in [-0.05, 0) is 18.6 Å². The molecule has 0 spiro atoms. The fraction of sp³-hybridized carbons (Fsp3) is 0.250. The molecule has 12 heavy (non-hydrogen) atoms. The van der Waals surface area contributed by atoms with E-state index in [2.05, 4.69) is 10.3 Å². The molecule has 0 unspecified atom stereocenters. The number of aromatic nitrogens is 1. The minimum absolute atomic E-state index is 0.203. The number of aryl methyl sites for hydroxylation is 1. The number of amides is 1. The average Bonchev–Trinajstić information content (AvgIpc) is 2.03. The van der Waals surface area contributed by atoms with E-state index in [1.54, 1.807) is 19.3 Å². The van der Waals surface area contributed by atoms with E-state index in [1.807, 2.05) is 6.92 Å². The van der Waals surface area contributed by atoms with E-state index in [4.69, 9.17) is 11.6 Å². The summed E-state index contributed by atoms with van der Waals surface area (Å²) in [7, 11) is 1.56. The molecule has 0 saturated carbocycles. The van der Waals surface area contributed by atoms with Crippen LogP contribution in [0.5, 0.6) is 0 Å². The van der Waals surface area contributed by atoms with Crippen molar-refractivity contribution in [2.45, 2.75) is 6.92 Å². The van der Waals surface area contributed by atoms with E-state index in [0.29, 0.717) is 5.56 Å². The van der Waals surface area contributed by atoms with Crippen LogP contribution in [0, 0.1) is 6.92 Å². The average molecular weight is 185 g/mol. The third-order valence-corrected chi connectivity index (χ3v) is 1.85. The molecule has 0 radical (unpaired) electrons. The number of rotatable bonds is 1. The zero-order valence-corrected chi connectivity index (χ0v) is 7.64. The Labute approximate surface area is 75.8 Å². The van der Waals surface area contributed by atoms with Gasteiger partial charge in [-0.15, -0.1) is 0 Å². The molecule has 1 rings (SSSR count). The standard InChI is InChI=1S/C8H9ClN2O/c1-5-3-4-11-7(9)6(5)8(12)10-2/h3-4H,1-2H3,(H,10,12). The monoisotopic (exact) mass is 184 g/mol. The van der Waals surface area contributed by atoms with Crippen molar-refractivity contribution < 1.29 is 4.79 Å². The predicted octanol–water partition coefficient (Wildman–Crippen LogP) is 1.40. The van der Waals surface area contributed by atoms with Crippen molar-refractivity contribution in [3.05, 3.63) is 28.5 Å². The van der Waals surface area contributed by atoms with E-state index in [1.165, 1.54) is 0 Å². The van der Waals surface area contributed by atoms with Gasteiger partial charge in [0.15, 0.2) is 0 Å². The van der Waals surface area contributed by atoms with Crippen LogP contribution in [-0.4, -0.2) is 17.9 Å².